The van der Waals surface area contributed by atoms with Crippen LogP contribution in [-0.2, 0) is 4.74 Å². The minimum absolute atomic E-state index is 0.107. The number of ether oxygens (including phenoxy) is 1. The van der Waals surface area contributed by atoms with Crippen molar-refractivity contribution >= 4 is 0 Å². The minimum atomic E-state index is -0.180. The summed E-state index contributed by atoms with van der Waals surface area (Å²) in [6.45, 7) is 7.83. The third-order valence-corrected chi connectivity index (χ3v) is 4.51. The lowest BCUT2D eigenvalue weighted by molar-refractivity contribution is -0.0579. The Morgan fingerprint density at radius 1 is 1.39 bits per heavy atom. The van der Waals surface area contributed by atoms with E-state index < -0.39 is 0 Å². The molecule has 3 unspecified atom stereocenters. The van der Waals surface area contributed by atoms with Crippen molar-refractivity contribution in [2.45, 2.75) is 45.3 Å². The van der Waals surface area contributed by atoms with Crippen LogP contribution in [0.4, 0.5) is 0 Å². The first-order valence-electron chi connectivity index (χ1n) is 7.12. The van der Waals surface area contributed by atoms with Crippen LogP contribution in [0.25, 0.3) is 0 Å². The van der Waals surface area contributed by atoms with Gasteiger partial charge in [-0.15, -0.1) is 0 Å². The average molecular weight is 257 g/mol. The largest absolute Gasteiger partial charge is 0.395 e. The van der Waals surface area contributed by atoms with Crippen LogP contribution in [-0.4, -0.2) is 60.2 Å². The van der Waals surface area contributed by atoms with E-state index in [0.29, 0.717) is 17.9 Å². The Balaban J connectivity index is 1.93. The van der Waals surface area contributed by atoms with Crippen molar-refractivity contribution in [3.8, 4) is 0 Å². The molecule has 1 heterocycles. The fourth-order valence-electron chi connectivity index (χ4n) is 3.31. The van der Waals surface area contributed by atoms with Crippen LogP contribution >= 0.6 is 0 Å². The monoisotopic (exact) mass is 257 g/mol. The van der Waals surface area contributed by atoms with E-state index in [9.17, 15) is 10.2 Å². The lowest BCUT2D eigenvalue weighted by atomic mass is 9.70. The Morgan fingerprint density at radius 3 is 2.89 bits per heavy atom. The van der Waals surface area contributed by atoms with E-state index >= 15 is 0 Å². The molecule has 0 radical (unpaired) electrons. The second kappa shape index (κ2) is 5.87. The molecule has 0 aromatic carbocycles. The van der Waals surface area contributed by atoms with E-state index in [1.807, 2.05) is 0 Å². The summed E-state index contributed by atoms with van der Waals surface area (Å²) >= 11 is 0. The molecule has 4 nitrogen and oxygen atoms in total. The Kier molecular flexibility index (Phi) is 4.64. The Labute approximate surface area is 110 Å². The van der Waals surface area contributed by atoms with Crippen molar-refractivity contribution in [3.05, 3.63) is 0 Å². The van der Waals surface area contributed by atoms with Gasteiger partial charge in [0.15, 0.2) is 0 Å². The normalized spacial score (nSPS) is 37.7. The van der Waals surface area contributed by atoms with E-state index in [4.69, 9.17) is 4.74 Å². The maximum absolute atomic E-state index is 10.2. The average Bonchev–Trinajstić information content (AvgIpc) is 2.34. The first-order valence-corrected chi connectivity index (χ1v) is 7.12. The van der Waals surface area contributed by atoms with E-state index in [2.05, 4.69) is 18.7 Å². The van der Waals surface area contributed by atoms with Gasteiger partial charge < -0.3 is 14.9 Å². The lowest BCUT2D eigenvalue weighted by Gasteiger charge is -2.43. The SMILES string of the molecule is CC1(C)CCC(O)C(CN2CCOCC2CO)C1. The van der Waals surface area contributed by atoms with Crippen molar-refractivity contribution in [2.24, 2.45) is 11.3 Å². The first-order chi connectivity index (χ1) is 8.52. The molecule has 3 atom stereocenters. The predicted octanol–water partition coefficient (Wildman–Crippen LogP) is 0.867. The van der Waals surface area contributed by atoms with Gasteiger partial charge in [0.1, 0.15) is 0 Å². The molecule has 0 aromatic heterocycles. The molecule has 0 spiro atoms. The van der Waals surface area contributed by atoms with Crippen molar-refractivity contribution < 1.29 is 14.9 Å². The van der Waals surface area contributed by atoms with Crippen molar-refractivity contribution in [3.63, 3.8) is 0 Å². The van der Waals surface area contributed by atoms with Gasteiger partial charge in [-0.3, -0.25) is 4.90 Å². The van der Waals surface area contributed by atoms with Crippen molar-refractivity contribution in [1.29, 1.82) is 0 Å². The maximum atomic E-state index is 10.2. The molecular weight excluding hydrogens is 230 g/mol. The molecule has 4 heteroatoms. The predicted molar refractivity (Wildman–Crippen MR) is 70.4 cm³/mol. The van der Waals surface area contributed by atoms with E-state index in [1.165, 1.54) is 0 Å². The van der Waals surface area contributed by atoms with Gasteiger partial charge in [-0.25, -0.2) is 0 Å². The summed E-state index contributed by atoms with van der Waals surface area (Å²) in [4.78, 5) is 2.29. The number of hydrogen-bond acceptors (Lipinski definition) is 4. The molecule has 0 amide bonds. The molecule has 18 heavy (non-hydrogen) atoms. The Morgan fingerprint density at radius 2 is 2.17 bits per heavy atom. The molecule has 1 aliphatic heterocycles. The highest BCUT2D eigenvalue weighted by Gasteiger charge is 2.36. The smallest absolute Gasteiger partial charge is 0.0644 e. The number of aliphatic hydroxyl groups excluding tert-OH is 2. The molecule has 2 fully saturated rings. The van der Waals surface area contributed by atoms with Gasteiger partial charge in [0, 0.05) is 13.1 Å². The summed E-state index contributed by atoms with van der Waals surface area (Å²) in [5.74, 6) is 0.334. The van der Waals surface area contributed by atoms with E-state index in [-0.39, 0.29) is 18.8 Å². The summed E-state index contributed by atoms with van der Waals surface area (Å²) < 4.78 is 5.40. The fraction of sp³-hybridized carbons (Fsp3) is 1.00. The van der Waals surface area contributed by atoms with Crippen LogP contribution in [0.1, 0.15) is 33.1 Å². The zero-order valence-corrected chi connectivity index (χ0v) is 11.6. The second-order valence-electron chi connectivity index (χ2n) is 6.64. The number of morpholine rings is 1. The molecule has 2 rings (SSSR count). The Hall–Kier alpha value is -0.160. The molecule has 1 saturated heterocycles. The number of rotatable bonds is 3. The standard InChI is InChI=1S/C14H27NO3/c1-14(2)4-3-13(17)11(7-14)8-15-5-6-18-10-12(15)9-16/h11-13,16-17H,3-10H2,1-2H3. The summed E-state index contributed by atoms with van der Waals surface area (Å²) in [7, 11) is 0. The van der Waals surface area contributed by atoms with Crippen LogP contribution < -0.4 is 0 Å². The Bertz CT molecular complexity index is 270. The molecule has 1 aliphatic carbocycles. The third kappa shape index (κ3) is 3.44. The molecular formula is C14H27NO3. The second-order valence-corrected chi connectivity index (χ2v) is 6.64. The highest BCUT2D eigenvalue weighted by molar-refractivity contribution is 4.88. The van der Waals surface area contributed by atoms with Crippen molar-refractivity contribution in [2.75, 3.05) is 32.9 Å². The minimum Gasteiger partial charge on any atom is -0.395 e. The molecule has 106 valence electrons. The molecule has 0 bridgehead atoms. The van der Waals surface area contributed by atoms with Gasteiger partial charge in [0.05, 0.1) is 32.0 Å². The third-order valence-electron chi connectivity index (χ3n) is 4.51. The molecule has 0 aromatic rings. The van der Waals surface area contributed by atoms with Gasteiger partial charge >= 0.3 is 0 Å². The highest BCUT2D eigenvalue weighted by Crippen LogP contribution is 2.39. The zero-order valence-electron chi connectivity index (χ0n) is 11.6. The number of hydrogen-bond donors (Lipinski definition) is 2. The van der Waals surface area contributed by atoms with Crippen LogP contribution in [0.3, 0.4) is 0 Å². The quantitative estimate of drug-likeness (QED) is 0.787. The summed E-state index contributed by atoms with van der Waals surface area (Å²) in [6, 6.07) is 0.107. The lowest BCUT2D eigenvalue weighted by Crippen LogP contribution is -2.51. The van der Waals surface area contributed by atoms with Crippen LogP contribution in [0.2, 0.25) is 0 Å². The fourth-order valence-corrected chi connectivity index (χ4v) is 3.31. The highest BCUT2D eigenvalue weighted by atomic mass is 16.5. The van der Waals surface area contributed by atoms with Crippen LogP contribution in [0, 0.1) is 11.3 Å². The summed E-state index contributed by atoms with van der Waals surface area (Å²) in [5.41, 5.74) is 0.338. The summed E-state index contributed by atoms with van der Waals surface area (Å²) in [5, 5.41) is 19.5. The van der Waals surface area contributed by atoms with Crippen LogP contribution in [0.5, 0.6) is 0 Å². The maximum Gasteiger partial charge on any atom is 0.0644 e. The first kappa shape index (κ1) is 14.3. The van der Waals surface area contributed by atoms with Gasteiger partial charge in [0.2, 0.25) is 0 Å². The topological polar surface area (TPSA) is 52.9 Å². The number of aliphatic hydroxyl groups is 2. The van der Waals surface area contributed by atoms with Gasteiger partial charge in [-0.05, 0) is 30.6 Å². The number of nitrogens with zero attached hydrogens (tertiary/aromatic N) is 1. The molecule has 2 aliphatic rings. The van der Waals surface area contributed by atoms with E-state index in [0.717, 1.165) is 39.0 Å². The molecule has 2 N–H and O–H groups in total. The van der Waals surface area contributed by atoms with Gasteiger partial charge in [0.25, 0.3) is 0 Å². The zero-order chi connectivity index (χ0) is 13.2. The van der Waals surface area contributed by atoms with E-state index in [1.54, 1.807) is 0 Å². The van der Waals surface area contributed by atoms with Gasteiger partial charge in [-0.1, -0.05) is 13.8 Å². The summed E-state index contributed by atoms with van der Waals surface area (Å²) in [6.07, 6.45) is 2.91. The van der Waals surface area contributed by atoms with Crippen molar-refractivity contribution in [1.82, 2.24) is 4.90 Å². The van der Waals surface area contributed by atoms with Gasteiger partial charge in [-0.2, -0.15) is 0 Å². The van der Waals surface area contributed by atoms with Crippen LogP contribution in [0.15, 0.2) is 0 Å². The molecule has 1 saturated carbocycles.